The maximum atomic E-state index is 9.13. The van der Waals surface area contributed by atoms with Crippen molar-refractivity contribution in [2.75, 3.05) is 17.6 Å². The van der Waals surface area contributed by atoms with Gasteiger partial charge in [-0.1, -0.05) is 6.92 Å². The molecule has 1 atom stereocenters. The monoisotopic (exact) mass is 212 g/mol. The molecular formula is C10H20N4O. The maximum absolute atomic E-state index is 9.13. The number of nitrogens with zero attached hydrogens (tertiary/aromatic N) is 2. The predicted molar refractivity (Wildman–Crippen MR) is 61.7 cm³/mol. The molecule has 0 aliphatic carbocycles. The molecule has 1 heterocycles. The Balaban J connectivity index is 2.54. The molecule has 0 spiro atoms. The predicted octanol–water partition coefficient (Wildman–Crippen LogP) is 1.06. The minimum absolute atomic E-state index is 0.290. The molecule has 0 aromatic carbocycles. The molecular weight excluding hydrogens is 192 g/mol. The Morgan fingerprint density at radius 1 is 1.67 bits per heavy atom. The Morgan fingerprint density at radius 2 is 2.40 bits per heavy atom. The summed E-state index contributed by atoms with van der Waals surface area (Å²) in [5.41, 5.74) is 6.44. The van der Waals surface area contributed by atoms with Gasteiger partial charge in [-0.3, -0.25) is 0 Å². The summed E-state index contributed by atoms with van der Waals surface area (Å²) in [4.78, 5) is 0. The Labute approximate surface area is 90.3 Å². The first-order valence-corrected chi connectivity index (χ1v) is 5.38. The lowest BCUT2D eigenvalue weighted by Crippen LogP contribution is -2.14. The molecule has 15 heavy (non-hydrogen) atoms. The fraction of sp³-hybridized carbons (Fsp3) is 0.700. The molecule has 0 saturated carbocycles. The summed E-state index contributed by atoms with van der Waals surface area (Å²) in [5, 5.41) is 16.5. The van der Waals surface area contributed by atoms with Crippen molar-refractivity contribution in [2.45, 2.75) is 39.3 Å². The summed E-state index contributed by atoms with van der Waals surface area (Å²) in [5.74, 6) is 0.859. The van der Waals surface area contributed by atoms with Crippen LogP contribution in [0.5, 0.6) is 0 Å². The summed E-state index contributed by atoms with van der Waals surface area (Å²) in [6.45, 7) is 5.43. The van der Waals surface area contributed by atoms with Gasteiger partial charge in [0.15, 0.2) is 0 Å². The Bertz CT molecular complexity index is 296. The lowest BCUT2D eigenvalue weighted by atomic mass is 10.3. The summed E-state index contributed by atoms with van der Waals surface area (Å²) < 4.78 is 1.86. The number of anilines is 2. The van der Waals surface area contributed by atoms with Crippen LogP contribution in [0, 0.1) is 0 Å². The van der Waals surface area contributed by atoms with Gasteiger partial charge in [0.1, 0.15) is 5.82 Å². The molecule has 0 amide bonds. The third-order valence-corrected chi connectivity index (χ3v) is 2.16. The van der Waals surface area contributed by atoms with Gasteiger partial charge >= 0.3 is 0 Å². The summed E-state index contributed by atoms with van der Waals surface area (Å²) in [7, 11) is 0. The van der Waals surface area contributed by atoms with Gasteiger partial charge < -0.3 is 16.2 Å². The molecule has 5 heteroatoms. The molecule has 0 bridgehead atoms. The molecule has 1 unspecified atom stereocenters. The van der Waals surface area contributed by atoms with Crippen molar-refractivity contribution < 1.29 is 5.11 Å². The second kappa shape index (κ2) is 5.60. The van der Waals surface area contributed by atoms with Gasteiger partial charge in [0.25, 0.3) is 0 Å². The lowest BCUT2D eigenvalue weighted by Gasteiger charge is -2.10. The molecule has 1 rings (SSSR count). The van der Waals surface area contributed by atoms with Gasteiger partial charge in [0, 0.05) is 13.1 Å². The first-order valence-electron chi connectivity index (χ1n) is 5.38. The Morgan fingerprint density at radius 3 is 3.00 bits per heavy atom. The van der Waals surface area contributed by atoms with Crippen molar-refractivity contribution in [1.82, 2.24) is 9.78 Å². The van der Waals surface area contributed by atoms with E-state index >= 15 is 0 Å². The van der Waals surface area contributed by atoms with Crippen LogP contribution in [-0.2, 0) is 6.54 Å². The number of aryl methyl sites for hydroxylation is 1. The SMILES string of the molecule is CCCn1ncc(N)c1NCCC(C)O. The van der Waals surface area contributed by atoms with Crippen LogP contribution in [0.2, 0.25) is 0 Å². The smallest absolute Gasteiger partial charge is 0.147 e. The zero-order chi connectivity index (χ0) is 11.3. The van der Waals surface area contributed by atoms with E-state index in [0.717, 1.165) is 18.8 Å². The molecule has 0 radical (unpaired) electrons. The largest absolute Gasteiger partial charge is 0.394 e. The average molecular weight is 212 g/mol. The van der Waals surface area contributed by atoms with Crippen LogP contribution in [0.4, 0.5) is 11.5 Å². The van der Waals surface area contributed by atoms with Crippen LogP contribution >= 0.6 is 0 Å². The van der Waals surface area contributed by atoms with Gasteiger partial charge in [-0.25, -0.2) is 4.68 Å². The van der Waals surface area contributed by atoms with Gasteiger partial charge in [0.05, 0.1) is 18.0 Å². The second-order valence-electron chi connectivity index (χ2n) is 3.74. The molecule has 1 aromatic heterocycles. The number of aliphatic hydroxyl groups excluding tert-OH is 1. The van der Waals surface area contributed by atoms with E-state index < -0.39 is 0 Å². The normalized spacial score (nSPS) is 12.7. The standard InChI is InChI=1S/C10H20N4O/c1-3-6-14-10(9(11)7-13-14)12-5-4-8(2)15/h7-8,12,15H,3-6,11H2,1-2H3. The summed E-state index contributed by atoms with van der Waals surface area (Å²) >= 11 is 0. The van der Waals surface area contributed by atoms with Crippen molar-refractivity contribution in [3.05, 3.63) is 6.20 Å². The molecule has 0 aliphatic rings. The van der Waals surface area contributed by atoms with Gasteiger partial charge in [0.2, 0.25) is 0 Å². The number of hydrogen-bond acceptors (Lipinski definition) is 4. The van der Waals surface area contributed by atoms with E-state index in [0.29, 0.717) is 18.7 Å². The molecule has 86 valence electrons. The number of aromatic nitrogens is 2. The number of nitrogen functional groups attached to an aromatic ring is 1. The van der Waals surface area contributed by atoms with E-state index in [1.807, 2.05) is 4.68 Å². The molecule has 0 fully saturated rings. The van der Waals surface area contributed by atoms with E-state index in [1.165, 1.54) is 0 Å². The van der Waals surface area contributed by atoms with Crippen molar-refractivity contribution >= 4 is 11.5 Å². The van der Waals surface area contributed by atoms with Gasteiger partial charge in [-0.15, -0.1) is 0 Å². The highest BCUT2D eigenvalue weighted by molar-refractivity contribution is 5.60. The highest BCUT2D eigenvalue weighted by Gasteiger charge is 2.06. The zero-order valence-corrected chi connectivity index (χ0v) is 9.40. The first kappa shape index (κ1) is 11.8. The van der Waals surface area contributed by atoms with Crippen molar-refractivity contribution in [3.63, 3.8) is 0 Å². The average Bonchev–Trinajstić information content (AvgIpc) is 2.50. The van der Waals surface area contributed by atoms with Gasteiger partial charge in [-0.2, -0.15) is 5.10 Å². The van der Waals surface area contributed by atoms with E-state index in [1.54, 1.807) is 13.1 Å². The summed E-state index contributed by atoms with van der Waals surface area (Å²) in [6.07, 6.45) is 3.09. The van der Waals surface area contributed by atoms with E-state index in [-0.39, 0.29) is 6.10 Å². The third-order valence-electron chi connectivity index (χ3n) is 2.16. The number of nitrogens with two attached hydrogens (primary N) is 1. The second-order valence-corrected chi connectivity index (χ2v) is 3.74. The number of rotatable bonds is 6. The highest BCUT2D eigenvalue weighted by atomic mass is 16.3. The quantitative estimate of drug-likeness (QED) is 0.659. The number of hydrogen-bond donors (Lipinski definition) is 3. The molecule has 0 saturated heterocycles. The van der Waals surface area contributed by atoms with Crippen LogP contribution < -0.4 is 11.1 Å². The van der Waals surface area contributed by atoms with Crippen LogP contribution in [0.3, 0.4) is 0 Å². The van der Waals surface area contributed by atoms with Crippen LogP contribution in [-0.4, -0.2) is 27.5 Å². The Hall–Kier alpha value is -1.23. The fourth-order valence-electron chi connectivity index (χ4n) is 1.37. The van der Waals surface area contributed by atoms with Crippen molar-refractivity contribution in [2.24, 2.45) is 0 Å². The van der Waals surface area contributed by atoms with Crippen LogP contribution in [0.1, 0.15) is 26.7 Å². The van der Waals surface area contributed by atoms with Gasteiger partial charge in [-0.05, 0) is 19.8 Å². The van der Waals surface area contributed by atoms with Crippen LogP contribution in [0.25, 0.3) is 0 Å². The van der Waals surface area contributed by atoms with Crippen molar-refractivity contribution in [3.8, 4) is 0 Å². The van der Waals surface area contributed by atoms with Crippen LogP contribution in [0.15, 0.2) is 6.20 Å². The van der Waals surface area contributed by atoms with Crippen molar-refractivity contribution in [1.29, 1.82) is 0 Å². The molecule has 0 aliphatic heterocycles. The van der Waals surface area contributed by atoms with E-state index in [4.69, 9.17) is 10.8 Å². The molecule has 4 N–H and O–H groups in total. The first-order chi connectivity index (χ1) is 7.15. The maximum Gasteiger partial charge on any atom is 0.147 e. The van der Waals surface area contributed by atoms with E-state index in [2.05, 4.69) is 17.3 Å². The fourth-order valence-corrected chi connectivity index (χ4v) is 1.37. The van der Waals surface area contributed by atoms with E-state index in [9.17, 15) is 0 Å². The third kappa shape index (κ3) is 3.43. The summed E-state index contributed by atoms with van der Waals surface area (Å²) in [6, 6.07) is 0. The topological polar surface area (TPSA) is 76.1 Å². The molecule has 1 aromatic rings. The number of aliphatic hydroxyl groups is 1. The minimum atomic E-state index is -0.290. The molecule has 5 nitrogen and oxygen atoms in total. The minimum Gasteiger partial charge on any atom is -0.394 e. The zero-order valence-electron chi connectivity index (χ0n) is 9.40. The number of nitrogens with one attached hydrogen (secondary N) is 1. The highest BCUT2D eigenvalue weighted by Crippen LogP contribution is 2.17. The Kier molecular flexibility index (Phi) is 4.42. The lowest BCUT2D eigenvalue weighted by molar-refractivity contribution is 0.188.